The summed E-state index contributed by atoms with van der Waals surface area (Å²) in [7, 11) is 0. The van der Waals surface area contributed by atoms with Crippen LogP contribution in [0.2, 0.25) is 0 Å². The molecule has 7 heteroatoms. The monoisotopic (exact) mass is 700 g/mol. The summed E-state index contributed by atoms with van der Waals surface area (Å²) in [6, 6.07) is 17.3. The van der Waals surface area contributed by atoms with Crippen molar-refractivity contribution in [2.45, 2.75) is 32.2 Å². The van der Waals surface area contributed by atoms with Crippen LogP contribution in [0.4, 0.5) is 0 Å². The zero-order valence-electron chi connectivity index (χ0n) is 16.0. The second-order valence-corrected chi connectivity index (χ2v) is 8.12. The summed E-state index contributed by atoms with van der Waals surface area (Å²) in [5.74, 6) is 0.284. The van der Waals surface area contributed by atoms with Gasteiger partial charge in [0.15, 0.2) is 5.78 Å². The SMILES string of the molecule is CC(=O)/C=C(\O)COc1cc(Br)ccc1Br.[Ir].[c-]1ccccc1C1CCCC[N-]1. The summed E-state index contributed by atoms with van der Waals surface area (Å²) in [5, 5.41) is 13.9. The quantitative estimate of drug-likeness (QED) is 0.215. The molecule has 1 heterocycles. The van der Waals surface area contributed by atoms with Crippen molar-refractivity contribution in [2.24, 2.45) is 0 Å². The molecule has 1 fully saturated rings. The first-order valence-corrected chi connectivity index (χ1v) is 10.7. The topological polar surface area (TPSA) is 60.6 Å². The molecule has 4 nitrogen and oxygen atoms in total. The third-order valence-corrected chi connectivity index (χ3v) is 5.11. The number of hydrogen-bond acceptors (Lipinski definition) is 3. The van der Waals surface area contributed by atoms with Gasteiger partial charge in [0.1, 0.15) is 18.1 Å². The second kappa shape index (κ2) is 14.1. The Morgan fingerprint density at radius 1 is 1.31 bits per heavy atom. The number of benzene rings is 2. The molecule has 159 valence electrons. The molecule has 0 saturated carbocycles. The number of ether oxygens (including phenoxy) is 1. The zero-order chi connectivity index (χ0) is 20.4. The van der Waals surface area contributed by atoms with Crippen molar-refractivity contribution in [2.75, 3.05) is 13.2 Å². The van der Waals surface area contributed by atoms with E-state index in [-0.39, 0.29) is 38.3 Å². The Labute approximate surface area is 202 Å². The number of nitrogens with zero attached hydrogens (tertiary/aromatic N) is 1. The molecule has 3 rings (SSSR count). The van der Waals surface area contributed by atoms with Crippen molar-refractivity contribution in [3.8, 4) is 5.75 Å². The number of aliphatic hydroxyl groups is 1. The molecule has 1 saturated heterocycles. The van der Waals surface area contributed by atoms with E-state index in [0.29, 0.717) is 11.8 Å². The van der Waals surface area contributed by atoms with Crippen molar-refractivity contribution in [3.63, 3.8) is 0 Å². The number of carbonyl (C=O) groups excluding carboxylic acids is 1. The fourth-order valence-corrected chi connectivity index (χ4v) is 3.37. The van der Waals surface area contributed by atoms with Gasteiger partial charge in [0, 0.05) is 30.7 Å². The number of halogens is 2. The van der Waals surface area contributed by atoms with Gasteiger partial charge in [-0.05, 0) is 41.1 Å². The maximum absolute atomic E-state index is 10.7. The molecule has 2 aromatic carbocycles. The van der Waals surface area contributed by atoms with E-state index >= 15 is 0 Å². The number of hydrogen-bond donors (Lipinski definition) is 1. The third kappa shape index (κ3) is 10.1. The number of aliphatic hydroxyl groups excluding tert-OH is 1. The van der Waals surface area contributed by atoms with Gasteiger partial charge in [-0.3, -0.25) is 4.79 Å². The minimum Gasteiger partial charge on any atom is -0.657 e. The van der Waals surface area contributed by atoms with E-state index in [1.165, 1.54) is 31.7 Å². The molecule has 1 N–H and O–H groups in total. The van der Waals surface area contributed by atoms with Crippen LogP contribution >= 0.6 is 31.9 Å². The molecule has 0 bridgehead atoms. The minimum absolute atomic E-state index is 0. The molecule has 2 aromatic rings. The first-order valence-electron chi connectivity index (χ1n) is 9.07. The van der Waals surface area contributed by atoms with Crippen molar-refractivity contribution < 1.29 is 34.7 Å². The van der Waals surface area contributed by atoms with Crippen molar-refractivity contribution in [1.82, 2.24) is 0 Å². The van der Waals surface area contributed by atoms with E-state index in [0.717, 1.165) is 21.6 Å². The summed E-state index contributed by atoms with van der Waals surface area (Å²) in [5.41, 5.74) is 1.26. The fourth-order valence-electron chi connectivity index (χ4n) is 2.67. The summed E-state index contributed by atoms with van der Waals surface area (Å²) >= 11 is 6.63. The number of ketones is 1. The van der Waals surface area contributed by atoms with Crippen LogP contribution in [0.1, 0.15) is 37.8 Å². The molecular weight excluding hydrogens is 678 g/mol. The van der Waals surface area contributed by atoms with E-state index < -0.39 is 0 Å². The van der Waals surface area contributed by atoms with Crippen molar-refractivity contribution in [3.05, 3.63) is 80.2 Å². The van der Waals surface area contributed by atoms with Crippen molar-refractivity contribution >= 4 is 37.6 Å². The maximum Gasteiger partial charge on any atom is 0.156 e. The predicted octanol–water partition coefficient (Wildman–Crippen LogP) is 6.70. The molecule has 0 aliphatic carbocycles. The maximum atomic E-state index is 10.7. The molecule has 29 heavy (non-hydrogen) atoms. The van der Waals surface area contributed by atoms with Crippen LogP contribution in [0, 0.1) is 6.07 Å². The third-order valence-electron chi connectivity index (χ3n) is 3.97. The normalized spacial score (nSPS) is 16.1. The summed E-state index contributed by atoms with van der Waals surface area (Å²) in [6.45, 7) is 2.37. The van der Waals surface area contributed by atoms with Crippen LogP contribution in [0.5, 0.6) is 5.75 Å². The van der Waals surface area contributed by atoms with Gasteiger partial charge < -0.3 is 15.2 Å². The second-order valence-electron chi connectivity index (χ2n) is 6.35. The summed E-state index contributed by atoms with van der Waals surface area (Å²) in [4.78, 5) is 10.7. The standard InChI is InChI=1S/C11H10Br2O3.C11H13N.Ir/c1-7(14)4-9(15)6-16-11-5-8(12)2-3-10(11)13;1-2-6-10(7-3-1)11-8-4-5-9-12-11;/h2-5,15H,6H2,1H3;1-3,6,11H,4-5,8-9H2;/q;-2;/b9-4-;;. The van der Waals surface area contributed by atoms with Gasteiger partial charge in [0.25, 0.3) is 0 Å². The molecule has 1 unspecified atom stereocenters. The van der Waals surface area contributed by atoms with Gasteiger partial charge in [-0.25, -0.2) is 0 Å². The molecule has 1 atom stereocenters. The van der Waals surface area contributed by atoms with Gasteiger partial charge >= 0.3 is 0 Å². The number of rotatable bonds is 5. The van der Waals surface area contributed by atoms with Crippen LogP contribution in [-0.2, 0) is 24.9 Å². The Balaban J connectivity index is 0.000000289. The number of allylic oxidation sites excluding steroid dienone is 1. The molecule has 1 aliphatic heterocycles. The molecule has 0 spiro atoms. The largest absolute Gasteiger partial charge is 0.657 e. The molecule has 1 aliphatic rings. The number of piperidine rings is 1. The molecule has 0 aromatic heterocycles. The van der Waals surface area contributed by atoms with Crippen LogP contribution < -0.4 is 4.74 Å². The average molecular weight is 701 g/mol. The van der Waals surface area contributed by atoms with Gasteiger partial charge in [0.05, 0.1) is 4.47 Å². The Kier molecular flexibility index (Phi) is 12.7. The first-order chi connectivity index (χ1) is 13.5. The summed E-state index contributed by atoms with van der Waals surface area (Å²) < 4.78 is 6.99. The molecular formula is C22H23Br2IrNO3-2. The minimum atomic E-state index is -0.214. The Morgan fingerprint density at radius 2 is 2.10 bits per heavy atom. The van der Waals surface area contributed by atoms with Crippen LogP contribution in [0.3, 0.4) is 0 Å². The smallest absolute Gasteiger partial charge is 0.156 e. The van der Waals surface area contributed by atoms with Gasteiger partial charge in [-0.2, -0.15) is 35.9 Å². The van der Waals surface area contributed by atoms with Gasteiger partial charge in [-0.15, -0.1) is 12.6 Å². The van der Waals surface area contributed by atoms with Crippen molar-refractivity contribution in [1.29, 1.82) is 0 Å². The van der Waals surface area contributed by atoms with Gasteiger partial charge in [0.2, 0.25) is 0 Å². The van der Waals surface area contributed by atoms with E-state index in [4.69, 9.17) is 4.74 Å². The van der Waals surface area contributed by atoms with E-state index in [9.17, 15) is 9.90 Å². The number of carbonyl (C=O) groups is 1. The predicted molar refractivity (Wildman–Crippen MR) is 119 cm³/mol. The van der Waals surface area contributed by atoms with Gasteiger partial charge in [-0.1, -0.05) is 35.2 Å². The van der Waals surface area contributed by atoms with E-state index in [2.05, 4.69) is 55.4 Å². The molecule has 1 radical (unpaired) electrons. The average Bonchev–Trinajstić information content (AvgIpc) is 2.70. The first kappa shape index (κ1) is 26.1. The Morgan fingerprint density at radius 3 is 2.72 bits per heavy atom. The molecule has 0 amide bonds. The van der Waals surface area contributed by atoms with E-state index in [1.54, 1.807) is 6.07 Å². The van der Waals surface area contributed by atoms with Crippen LogP contribution in [0.15, 0.2) is 63.2 Å². The summed E-state index contributed by atoms with van der Waals surface area (Å²) in [6.07, 6.45) is 4.92. The van der Waals surface area contributed by atoms with Crippen LogP contribution in [0.25, 0.3) is 5.32 Å². The van der Waals surface area contributed by atoms with E-state index in [1.807, 2.05) is 24.3 Å². The fraction of sp³-hybridized carbons (Fsp3) is 0.318. The van der Waals surface area contributed by atoms with Crippen LogP contribution in [-0.4, -0.2) is 24.0 Å². The Hall–Kier alpha value is -0.981. The zero-order valence-corrected chi connectivity index (χ0v) is 21.6. The Bertz CT molecular complexity index is 794.